The Hall–Kier alpha value is -2.10. The van der Waals surface area contributed by atoms with Crippen molar-refractivity contribution in [2.45, 2.75) is 17.9 Å². The summed E-state index contributed by atoms with van der Waals surface area (Å²) in [5.74, 6) is 0. The quantitative estimate of drug-likeness (QED) is 0.903. The van der Waals surface area contributed by atoms with Gasteiger partial charge in [0, 0.05) is 12.1 Å². The molecule has 0 unspecified atom stereocenters. The zero-order valence-electron chi connectivity index (χ0n) is 10.0. The number of hydrogen-bond acceptors (Lipinski definition) is 4. The van der Waals surface area contributed by atoms with E-state index in [1.54, 1.807) is 18.2 Å². The predicted octanol–water partition coefficient (Wildman–Crippen LogP) is 1.82. The van der Waals surface area contributed by atoms with E-state index in [1.807, 2.05) is 6.07 Å². The lowest BCUT2D eigenvalue weighted by Crippen LogP contribution is -2.22. The topological polar surface area (TPSA) is 83.1 Å². The van der Waals surface area contributed by atoms with Gasteiger partial charge in [0.1, 0.15) is 0 Å². The van der Waals surface area contributed by atoms with Gasteiger partial charge in [0.2, 0.25) is 10.0 Å². The Balaban J connectivity index is 2.09. The molecule has 6 heteroatoms. The zero-order valence-corrected chi connectivity index (χ0v) is 10.9. The fraction of sp³-hybridized carbons (Fsp3) is 0.154. The van der Waals surface area contributed by atoms with Crippen LogP contribution in [-0.4, -0.2) is 8.42 Å². The number of nitrogens with zero attached hydrogens (tertiary/aromatic N) is 1. The van der Waals surface area contributed by atoms with Crippen molar-refractivity contribution in [3.63, 3.8) is 0 Å². The zero-order chi connectivity index (χ0) is 13.7. The highest BCUT2D eigenvalue weighted by molar-refractivity contribution is 7.89. The molecular weight excluding hydrogens is 264 g/mol. The van der Waals surface area contributed by atoms with Gasteiger partial charge in [-0.3, -0.25) is 0 Å². The van der Waals surface area contributed by atoms with E-state index in [9.17, 15) is 8.42 Å². The van der Waals surface area contributed by atoms with Crippen LogP contribution in [0.4, 0.5) is 0 Å². The lowest BCUT2D eigenvalue weighted by molar-refractivity contribution is 0.561. The number of benzene rings is 1. The molecule has 0 radical (unpaired) electrons. The minimum atomic E-state index is -3.54. The molecule has 1 aromatic heterocycles. The number of nitrogens with one attached hydrogen (secondary N) is 1. The highest BCUT2D eigenvalue weighted by atomic mass is 32.2. The molecule has 1 N–H and O–H groups in total. The van der Waals surface area contributed by atoms with E-state index < -0.39 is 10.0 Å². The summed E-state index contributed by atoms with van der Waals surface area (Å²) in [6.07, 6.45) is 3.24. The minimum Gasteiger partial charge on any atom is -0.472 e. The maximum absolute atomic E-state index is 12.0. The fourth-order valence-electron chi connectivity index (χ4n) is 1.53. The maximum Gasteiger partial charge on any atom is 0.240 e. The van der Waals surface area contributed by atoms with Crippen LogP contribution in [0.5, 0.6) is 0 Å². The summed E-state index contributed by atoms with van der Waals surface area (Å²) in [4.78, 5) is 0.178. The largest absolute Gasteiger partial charge is 0.472 e. The molecule has 98 valence electrons. The molecule has 2 rings (SSSR count). The number of furan rings is 1. The number of sulfonamides is 1. The van der Waals surface area contributed by atoms with Crippen molar-refractivity contribution < 1.29 is 12.8 Å². The second kappa shape index (κ2) is 5.69. The molecule has 0 spiro atoms. The molecule has 19 heavy (non-hydrogen) atoms. The monoisotopic (exact) mass is 276 g/mol. The van der Waals surface area contributed by atoms with Crippen molar-refractivity contribution in [3.05, 3.63) is 54.0 Å². The fourth-order valence-corrected chi connectivity index (χ4v) is 2.55. The van der Waals surface area contributed by atoms with Crippen LogP contribution in [0, 0.1) is 11.3 Å². The smallest absolute Gasteiger partial charge is 0.240 e. The Kier molecular flexibility index (Phi) is 4.00. The summed E-state index contributed by atoms with van der Waals surface area (Å²) in [5, 5.41) is 8.55. The summed E-state index contributed by atoms with van der Waals surface area (Å²) < 4.78 is 31.3. The van der Waals surface area contributed by atoms with E-state index >= 15 is 0 Å². The first-order valence-corrected chi connectivity index (χ1v) is 7.07. The van der Waals surface area contributed by atoms with Crippen LogP contribution in [0.3, 0.4) is 0 Å². The van der Waals surface area contributed by atoms with Gasteiger partial charge in [-0.2, -0.15) is 5.26 Å². The van der Waals surface area contributed by atoms with Gasteiger partial charge in [-0.05, 0) is 23.8 Å². The van der Waals surface area contributed by atoms with Crippen molar-refractivity contribution in [2.75, 3.05) is 0 Å². The Labute approximate surface area is 111 Å². The lowest BCUT2D eigenvalue weighted by atomic mass is 10.2. The molecule has 0 atom stereocenters. The van der Waals surface area contributed by atoms with Crippen LogP contribution in [0.25, 0.3) is 0 Å². The van der Waals surface area contributed by atoms with Crippen molar-refractivity contribution in [3.8, 4) is 6.07 Å². The van der Waals surface area contributed by atoms with Crippen molar-refractivity contribution in [1.82, 2.24) is 4.72 Å². The highest BCUT2D eigenvalue weighted by Gasteiger charge is 2.13. The van der Waals surface area contributed by atoms with Gasteiger partial charge < -0.3 is 4.42 Å². The van der Waals surface area contributed by atoms with E-state index in [2.05, 4.69) is 4.72 Å². The van der Waals surface area contributed by atoms with Crippen LogP contribution in [0.15, 0.2) is 52.2 Å². The third kappa shape index (κ3) is 3.44. The molecule has 0 bridgehead atoms. The van der Waals surface area contributed by atoms with Gasteiger partial charge in [0.05, 0.1) is 29.9 Å². The molecule has 1 aromatic carbocycles. The van der Waals surface area contributed by atoms with Crippen LogP contribution in [-0.2, 0) is 23.0 Å². The number of nitriles is 1. The summed E-state index contributed by atoms with van der Waals surface area (Å²) in [6, 6.07) is 9.95. The lowest BCUT2D eigenvalue weighted by Gasteiger charge is -2.06. The Morgan fingerprint density at radius 3 is 2.47 bits per heavy atom. The van der Waals surface area contributed by atoms with Gasteiger partial charge in [0.15, 0.2) is 0 Å². The molecule has 5 nitrogen and oxygen atoms in total. The van der Waals surface area contributed by atoms with Gasteiger partial charge in [-0.15, -0.1) is 0 Å². The van der Waals surface area contributed by atoms with Crippen LogP contribution in [0.1, 0.15) is 11.1 Å². The SMILES string of the molecule is N#CCc1ccc(S(=O)(=O)NCc2ccoc2)cc1. The standard InChI is InChI=1S/C13H12N2O3S/c14-7-5-11-1-3-13(4-2-11)19(16,17)15-9-12-6-8-18-10-12/h1-4,6,8,10,15H,5,9H2. The predicted molar refractivity (Wildman–Crippen MR) is 68.5 cm³/mol. The number of rotatable bonds is 5. The summed E-state index contributed by atoms with van der Waals surface area (Å²) >= 11 is 0. The average Bonchev–Trinajstić information content (AvgIpc) is 2.91. The van der Waals surface area contributed by atoms with Gasteiger partial charge in [-0.1, -0.05) is 12.1 Å². The molecular formula is C13H12N2O3S. The third-order valence-electron chi connectivity index (χ3n) is 2.56. The third-order valence-corrected chi connectivity index (χ3v) is 3.98. The molecule has 1 heterocycles. The first kappa shape index (κ1) is 13.3. The Morgan fingerprint density at radius 1 is 1.16 bits per heavy atom. The second-order valence-electron chi connectivity index (χ2n) is 3.93. The molecule has 0 saturated carbocycles. The van der Waals surface area contributed by atoms with E-state index in [-0.39, 0.29) is 17.9 Å². The second-order valence-corrected chi connectivity index (χ2v) is 5.70. The van der Waals surface area contributed by atoms with Crippen molar-refractivity contribution >= 4 is 10.0 Å². The van der Waals surface area contributed by atoms with E-state index in [0.717, 1.165) is 11.1 Å². The normalized spacial score (nSPS) is 11.1. The first-order valence-electron chi connectivity index (χ1n) is 5.58. The molecule has 2 aromatic rings. The Morgan fingerprint density at radius 2 is 1.89 bits per heavy atom. The van der Waals surface area contributed by atoms with Crippen molar-refractivity contribution in [2.24, 2.45) is 0 Å². The summed E-state index contributed by atoms with van der Waals surface area (Å²) in [5.41, 5.74) is 1.54. The molecule has 0 saturated heterocycles. The molecule has 0 aliphatic rings. The molecule has 0 amide bonds. The summed E-state index contributed by atoms with van der Waals surface area (Å²) in [7, 11) is -3.54. The highest BCUT2D eigenvalue weighted by Crippen LogP contribution is 2.11. The van der Waals surface area contributed by atoms with E-state index in [0.29, 0.717) is 0 Å². The Bertz CT molecular complexity index is 668. The summed E-state index contributed by atoms with van der Waals surface area (Å²) in [6.45, 7) is 0.179. The van der Waals surface area contributed by atoms with Crippen LogP contribution < -0.4 is 4.72 Å². The van der Waals surface area contributed by atoms with Crippen molar-refractivity contribution in [1.29, 1.82) is 5.26 Å². The maximum atomic E-state index is 12.0. The van der Waals surface area contributed by atoms with E-state index in [1.165, 1.54) is 24.7 Å². The van der Waals surface area contributed by atoms with Gasteiger partial charge in [-0.25, -0.2) is 13.1 Å². The van der Waals surface area contributed by atoms with E-state index in [4.69, 9.17) is 9.68 Å². The van der Waals surface area contributed by atoms with Gasteiger partial charge in [0.25, 0.3) is 0 Å². The van der Waals surface area contributed by atoms with Crippen LogP contribution >= 0.6 is 0 Å². The first-order chi connectivity index (χ1) is 9.12. The molecule has 0 fully saturated rings. The molecule has 0 aliphatic heterocycles. The van der Waals surface area contributed by atoms with Gasteiger partial charge >= 0.3 is 0 Å². The molecule has 0 aliphatic carbocycles. The average molecular weight is 276 g/mol. The minimum absolute atomic E-state index is 0.178. The van der Waals surface area contributed by atoms with Crippen LogP contribution in [0.2, 0.25) is 0 Å². The number of hydrogen-bond donors (Lipinski definition) is 1.